The van der Waals surface area contributed by atoms with Crippen molar-refractivity contribution < 1.29 is 9.90 Å². The van der Waals surface area contributed by atoms with Crippen molar-refractivity contribution in [1.82, 2.24) is 4.98 Å². The standard InChI is InChI=1S/C12H6Cl3NO2/c13-7-3-8(14)11(9(15)4-7)6-1-2-10(12(17)18)16-5-6/h1-5H,(H,17,18). The number of rotatable bonds is 2. The first kappa shape index (κ1) is 13.1. The van der Waals surface area contributed by atoms with Gasteiger partial charge in [-0.2, -0.15) is 0 Å². The van der Waals surface area contributed by atoms with Gasteiger partial charge < -0.3 is 5.11 Å². The third-order valence-electron chi connectivity index (χ3n) is 2.28. The fraction of sp³-hybridized carbons (Fsp3) is 0. The van der Waals surface area contributed by atoms with Gasteiger partial charge in [-0.15, -0.1) is 0 Å². The molecule has 0 aliphatic carbocycles. The summed E-state index contributed by atoms with van der Waals surface area (Å²) in [6, 6.07) is 6.11. The zero-order valence-corrected chi connectivity index (χ0v) is 11.1. The van der Waals surface area contributed by atoms with Crippen LogP contribution in [0, 0.1) is 0 Å². The van der Waals surface area contributed by atoms with Crippen LogP contribution in [0.3, 0.4) is 0 Å². The summed E-state index contributed by atoms with van der Waals surface area (Å²) in [5, 5.41) is 9.97. The van der Waals surface area contributed by atoms with Crippen molar-refractivity contribution in [3.8, 4) is 11.1 Å². The van der Waals surface area contributed by atoms with E-state index in [4.69, 9.17) is 39.9 Å². The van der Waals surface area contributed by atoms with Crippen molar-refractivity contribution in [2.24, 2.45) is 0 Å². The monoisotopic (exact) mass is 301 g/mol. The zero-order valence-electron chi connectivity index (χ0n) is 8.82. The third kappa shape index (κ3) is 2.58. The average molecular weight is 303 g/mol. The quantitative estimate of drug-likeness (QED) is 0.894. The molecule has 0 bridgehead atoms. The molecule has 0 aliphatic heterocycles. The molecule has 2 rings (SSSR count). The Bertz CT molecular complexity index is 588. The van der Waals surface area contributed by atoms with Gasteiger partial charge in [0.1, 0.15) is 5.69 Å². The molecule has 0 aliphatic rings. The van der Waals surface area contributed by atoms with E-state index in [0.717, 1.165) is 0 Å². The van der Waals surface area contributed by atoms with Gasteiger partial charge in [0.2, 0.25) is 0 Å². The van der Waals surface area contributed by atoms with E-state index in [1.54, 1.807) is 18.2 Å². The molecule has 6 heteroatoms. The second-order valence-corrected chi connectivity index (χ2v) is 4.73. The summed E-state index contributed by atoms with van der Waals surface area (Å²) in [6.07, 6.45) is 1.41. The van der Waals surface area contributed by atoms with Gasteiger partial charge in [0.15, 0.2) is 0 Å². The van der Waals surface area contributed by atoms with Crippen LogP contribution < -0.4 is 0 Å². The largest absolute Gasteiger partial charge is 0.477 e. The van der Waals surface area contributed by atoms with E-state index in [-0.39, 0.29) is 5.69 Å². The molecular formula is C12H6Cl3NO2. The summed E-state index contributed by atoms with van der Waals surface area (Å²) in [7, 11) is 0. The number of carbonyl (C=O) groups is 1. The number of hydrogen-bond donors (Lipinski definition) is 1. The number of benzene rings is 1. The van der Waals surface area contributed by atoms with Gasteiger partial charge in [-0.3, -0.25) is 0 Å². The van der Waals surface area contributed by atoms with Crippen LogP contribution in [0.1, 0.15) is 10.5 Å². The van der Waals surface area contributed by atoms with Crippen LogP contribution in [0.25, 0.3) is 11.1 Å². The minimum atomic E-state index is -1.09. The Morgan fingerprint density at radius 2 is 1.72 bits per heavy atom. The van der Waals surface area contributed by atoms with Gasteiger partial charge in [-0.25, -0.2) is 9.78 Å². The highest BCUT2D eigenvalue weighted by Crippen LogP contribution is 2.36. The second kappa shape index (κ2) is 5.14. The lowest BCUT2D eigenvalue weighted by Gasteiger charge is -2.07. The number of pyridine rings is 1. The first-order valence-electron chi connectivity index (χ1n) is 4.83. The SMILES string of the molecule is O=C(O)c1ccc(-c2c(Cl)cc(Cl)cc2Cl)cn1. The maximum Gasteiger partial charge on any atom is 0.354 e. The first-order chi connectivity index (χ1) is 8.49. The van der Waals surface area contributed by atoms with Crippen LogP contribution in [-0.2, 0) is 0 Å². The molecule has 18 heavy (non-hydrogen) atoms. The van der Waals surface area contributed by atoms with Crippen molar-refractivity contribution in [3.05, 3.63) is 51.2 Å². The topological polar surface area (TPSA) is 50.2 Å². The van der Waals surface area contributed by atoms with Gasteiger partial charge in [-0.05, 0) is 18.2 Å². The highest BCUT2D eigenvalue weighted by atomic mass is 35.5. The van der Waals surface area contributed by atoms with Crippen LogP contribution in [0.2, 0.25) is 15.1 Å². The second-order valence-electron chi connectivity index (χ2n) is 3.48. The van der Waals surface area contributed by atoms with E-state index in [9.17, 15) is 4.79 Å². The van der Waals surface area contributed by atoms with Gasteiger partial charge in [0.25, 0.3) is 0 Å². The summed E-state index contributed by atoms with van der Waals surface area (Å²) in [4.78, 5) is 14.5. The molecule has 0 fully saturated rings. The molecule has 2 aromatic rings. The van der Waals surface area contributed by atoms with E-state index in [1.165, 1.54) is 12.3 Å². The van der Waals surface area contributed by atoms with E-state index in [0.29, 0.717) is 26.2 Å². The molecule has 0 amide bonds. The van der Waals surface area contributed by atoms with Crippen molar-refractivity contribution in [2.45, 2.75) is 0 Å². The lowest BCUT2D eigenvalue weighted by Crippen LogP contribution is -1.99. The summed E-state index contributed by atoms with van der Waals surface area (Å²) >= 11 is 17.9. The maximum atomic E-state index is 10.7. The number of aromatic nitrogens is 1. The van der Waals surface area contributed by atoms with E-state index >= 15 is 0 Å². The lowest BCUT2D eigenvalue weighted by molar-refractivity contribution is 0.0690. The highest BCUT2D eigenvalue weighted by Gasteiger charge is 2.11. The fourth-order valence-corrected chi connectivity index (χ4v) is 2.52. The van der Waals surface area contributed by atoms with Gasteiger partial charge in [-0.1, -0.05) is 40.9 Å². The number of hydrogen-bond acceptors (Lipinski definition) is 2. The number of nitrogens with zero attached hydrogens (tertiary/aromatic N) is 1. The fourth-order valence-electron chi connectivity index (χ4n) is 1.49. The van der Waals surface area contributed by atoms with Gasteiger partial charge in [0, 0.05) is 22.3 Å². The molecule has 0 unspecified atom stereocenters. The van der Waals surface area contributed by atoms with Crippen molar-refractivity contribution in [3.63, 3.8) is 0 Å². The third-order valence-corrected chi connectivity index (χ3v) is 3.09. The molecule has 0 spiro atoms. The van der Waals surface area contributed by atoms with Crippen LogP contribution in [0.5, 0.6) is 0 Å². The normalized spacial score (nSPS) is 10.4. The van der Waals surface area contributed by atoms with Crippen molar-refractivity contribution in [2.75, 3.05) is 0 Å². The average Bonchev–Trinajstić information content (AvgIpc) is 2.28. The number of aromatic carboxylic acids is 1. The maximum absolute atomic E-state index is 10.7. The Hall–Kier alpha value is -1.29. The van der Waals surface area contributed by atoms with Crippen molar-refractivity contribution in [1.29, 1.82) is 0 Å². The van der Waals surface area contributed by atoms with Crippen LogP contribution in [0.4, 0.5) is 0 Å². The van der Waals surface area contributed by atoms with Crippen molar-refractivity contribution >= 4 is 40.8 Å². The summed E-state index contributed by atoms with van der Waals surface area (Å²) in [5.74, 6) is -1.09. The molecule has 0 saturated heterocycles. The van der Waals surface area contributed by atoms with Gasteiger partial charge >= 0.3 is 5.97 Å². The van der Waals surface area contributed by atoms with Crippen LogP contribution in [0.15, 0.2) is 30.5 Å². The first-order valence-corrected chi connectivity index (χ1v) is 5.96. The molecule has 1 aromatic heterocycles. The Kier molecular flexibility index (Phi) is 3.76. The number of carboxylic acid groups (broad SMARTS) is 1. The highest BCUT2D eigenvalue weighted by molar-refractivity contribution is 6.41. The predicted molar refractivity (Wildman–Crippen MR) is 71.7 cm³/mol. The summed E-state index contributed by atoms with van der Waals surface area (Å²) < 4.78 is 0. The van der Waals surface area contributed by atoms with E-state index in [2.05, 4.69) is 4.98 Å². The van der Waals surface area contributed by atoms with E-state index < -0.39 is 5.97 Å². The molecule has 1 heterocycles. The molecule has 3 nitrogen and oxygen atoms in total. The molecule has 0 saturated carbocycles. The molecular weight excluding hydrogens is 296 g/mol. The Labute approximate surface area is 118 Å². The molecule has 92 valence electrons. The van der Waals surface area contributed by atoms with E-state index in [1.807, 2.05) is 0 Å². The molecule has 0 atom stereocenters. The Morgan fingerprint density at radius 1 is 1.11 bits per heavy atom. The Morgan fingerprint density at radius 3 is 2.17 bits per heavy atom. The number of halogens is 3. The smallest absolute Gasteiger partial charge is 0.354 e. The Balaban J connectivity index is 2.52. The van der Waals surface area contributed by atoms with Crippen LogP contribution >= 0.6 is 34.8 Å². The summed E-state index contributed by atoms with van der Waals surface area (Å²) in [5.41, 5.74) is 1.17. The predicted octanol–water partition coefficient (Wildman–Crippen LogP) is 4.41. The minimum absolute atomic E-state index is 0.0417. The minimum Gasteiger partial charge on any atom is -0.477 e. The van der Waals surface area contributed by atoms with Gasteiger partial charge in [0.05, 0.1) is 10.0 Å². The zero-order chi connectivity index (χ0) is 13.3. The molecule has 1 N–H and O–H groups in total. The number of carboxylic acids is 1. The van der Waals surface area contributed by atoms with Crippen LogP contribution in [-0.4, -0.2) is 16.1 Å². The molecule has 0 radical (unpaired) electrons. The lowest BCUT2D eigenvalue weighted by atomic mass is 10.1. The molecule has 1 aromatic carbocycles. The summed E-state index contributed by atoms with van der Waals surface area (Å²) in [6.45, 7) is 0.